The van der Waals surface area contributed by atoms with Gasteiger partial charge in [0.25, 0.3) is 0 Å². The van der Waals surface area contributed by atoms with Crippen molar-refractivity contribution in [2.24, 2.45) is 11.7 Å². The van der Waals surface area contributed by atoms with Gasteiger partial charge in [0.05, 0.1) is 5.60 Å². The molecule has 3 rings (SSSR count). The number of aryl methyl sites for hydroxylation is 1. The third-order valence-corrected chi connectivity index (χ3v) is 6.02. The normalized spacial score (nSPS) is 26.7. The lowest BCUT2D eigenvalue weighted by Gasteiger charge is -2.45. The molecule has 116 valence electrons. The van der Waals surface area contributed by atoms with Gasteiger partial charge in [0, 0.05) is 12.6 Å². The molecule has 2 unspecified atom stereocenters. The Hall–Kier alpha value is -0.580. The quantitative estimate of drug-likeness (QED) is 0.902. The first-order valence-electron chi connectivity index (χ1n) is 7.83. The van der Waals surface area contributed by atoms with Crippen molar-refractivity contribution in [1.82, 2.24) is 0 Å². The Labute approximate surface area is 130 Å². The molecule has 2 nitrogen and oxygen atoms in total. The Morgan fingerprint density at radius 1 is 1.38 bits per heavy atom. The number of nitrogens with two attached hydrogens (primary N) is 1. The minimum absolute atomic E-state index is 0.0130. The molecular formula is C17H24FNOS. The Morgan fingerprint density at radius 2 is 2.14 bits per heavy atom. The lowest BCUT2D eigenvalue weighted by molar-refractivity contribution is -0.105. The average Bonchev–Trinajstić information content (AvgIpc) is 2.47. The Bertz CT molecular complexity index is 496. The van der Waals surface area contributed by atoms with E-state index in [0.29, 0.717) is 5.92 Å². The summed E-state index contributed by atoms with van der Waals surface area (Å²) in [5.41, 5.74) is 8.63. The van der Waals surface area contributed by atoms with E-state index in [1.165, 1.54) is 17.6 Å². The highest BCUT2D eigenvalue weighted by Gasteiger charge is 2.40. The van der Waals surface area contributed by atoms with Crippen molar-refractivity contribution in [3.63, 3.8) is 0 Å². The van der Waals surface area contributed by atoms with E-state index in [-0.39, 0.29) is 17.5 Å². The summed E-state index contributed by atoms with van der Waals surface area (Å²) in [4.78, 5) is 0. The number of halogens is 1. The molecule has 2 aliphatic rings. The fourth-order valence-corrected chi connectivity index (χ4v) is 4.97. The zero-order chi connectivity index (χ0) is 14.9. The maximum Gasteiger partial charge on any atom is 0.123 e. The highest BCUT2D eigenvalue weighted by Crippen LogP contribution is 2.43. The zero-order valence-electron chi connectivity index (χ0n) is 12.6. The largest absolute Gasteiger partial charge is 0.375 e. The van der Waals surface area contributed by atoms with E-state index in [4.69, 9.17) is 10.5 Å². The topological polar surface area (TPSA) is 35.2 Å². The number of ether oxygens (including phenoxy) is 1. The van der Waals surface area contributed by atoms with Crippen molar-refractivity contribution in [1.29, 1.82) is 0 Å². The van der Waals surface area contributed by atoms with Crippen LogP contribution in [0, 0.1) is 18.7 Å². The molecule has 2 atom stereocenters. The van der Waals surface area contributed by atoms with Crippen LogP contribution < -0.4 is 5.73 Å². The van der Waals surface area contributed by atoms with Crippen molar-refractivity contribution in [2.45, 2.75) is 44.2 Å². The molecule has 1 spiro atoms. The summed E-state index contributed by atoms with van der Waals surface area (Å²) >= 11 is 2.02. The van der Waals surface area contributed by atoms with Crippen LogP contribution in [0.5, 0.6) is 0 Å². The van der Waals surface area contributed by atoms with Gasteiger partial charge in [-0.1, -0.05) is 6.07 Å². The van der Waals surface area contributed by atoms with Crippen LogP contribution in [-0.2, 0) is 4.74 Å². The Morgan fingerprint density at radius 3 is 2.86 bits per heavy atom. The molecule has 2 aliphatic heterocycles. The van der Waals surface area contributed by atoms with Gasteiger partial charge in [0.15, 0.2) is 0 Å². The average molecular weight is 309 g/mol. The van der Waals surface area contributed by atoms with E-state index >= 15 is 0 Å². The molecule has 0 saturated carbocycles. The third-order valence-electron chi connectivity index (χ3n) is 5.03. The minimum Gasteiger partial charge on any atom is -0.375 e. The van der Waals surface area contributed by atoms with Gasteiger partial charge in [-0.2, -0.15) is 11.8 Å². The van der Waals surface area contributed by atoms with Crippen LogP contribution in [0.15, 0.2) is 18.2 Å². The summed E-state index contributed by atoms with van der Waals surface area (Å²) in [6, 6.07) is 4.95. The van der Waals surface area contributed by atoms with Gasteiger partial charge < -0.3 is 10.5 Å². The van der Waals surface area contributed by atoms with Crippen LogP contribution in [0.25, 0.3) is 0 Å². The van der Waals surface area contributed by atoms with E-state index in [1.807, 2.05) is 24.8 Å². The van der Waals surface area contributed by atoms with Gasteiger partial charge in [-0.25, -0.2) is 4.39 Å². The van der Waals surface area contributed by atoms with Gasteiger partial charge >= 0.3 is 0 Å². The van der Waals surface area contributed by atoms with Gasteiger partial charge in [-0.05, 0) is 73.3 Å². The summed E-state index contributed by atoms with van der Waals surface area (Å²) in [5.74, 6) is 2.64. The smallest absolute Gasteiger partial charge is 0.123 e. The van der Waals surface area contributed by atoms with Crippen LogP contribution in [0.3, 0.4) is 0 Å². The van der Waals surface area contributed by atoms with Crippen LogP contribution in [0.2, 0.25) is 0 Å². The van der Waals surface area contributed by atoms with Gasteiger partial charge in [-0.15, -0.1) is 0 Å². The summed E-state index contributed by atoms with van der Waals surface area (Å²) in [5, 5.41) is 0. The second-order valence-electron chi connectivity index (χ2n) is 6.42. The van der Waals surface area contributed by atoms with Gasteiger partial charge in [0.1, 0.15) is 5.82 Å². The first-order chi connectivity index (χ1) is 10.1. The first kappa shape index (κ1) is 15.3. The maximum absolute atomic E-state index is 13.3. The molecule has 2 N–H and O–H groups in total. The second-order valence-corrected chi connectivity index (χ2v) is 7.65. The third kappa shape index (κ3) is 3.27. The molecular weight excluding hydrogens is 285 g/mol. The molecule has 0 aromatic heterocycles. The standard InChI is InChI=1S/C17H24FNOS/c1-12-10-14(18)2-3-15(12)16(19)13-4-7-20-17(11-13)5-8-21-9-6-17/h2-3,10,13,16H,4-9,11,19H2,1H3. The predicted octanol–water partition coefficient (Wildman–Crippen LogP) is 3.83. The van der Waals surface area contributed by atoms with E-state index in [0.717, 1.165) is 43.4 Å². The van der Waals surface area contributed by atoms with Crippen molar-refractivity contribution < 1.29 is 9.13 Å². The van der Waals surface area contributed by atoms with Crippen LogP contribution in [0.1, 0.15) is 42.9 Å². The highest BCUT2D eigenvalue weighted by molar-refractivity contribution is 7.99. The Balaban J connectivity index is 1.76. The van der Waals surface area contributed by atoms with Crippen molar-refractivity contribution in [2.75, 3.05) is 18.1 Å². The molecule has 21 heavy (non-hydrogen) atoms. The molecule has 4 heteroatoms. The molecule has 0 bridgehead atoms. The lowest BCUT2D eigenvalue weighted by atomic mass is 9.76. The number of hydrogen-bond acceptors (Lipinski definition) is 3. The SMILES string of the molecule is Cc1cc(F)ccc1C(N)C1CCOC2(CCSCC2)C1. The fourth-order valence-electron chi connectivity index (χ4n) is 3.73. The molecule has 1 aromatic rings. The monoisotopic (exact) mass is 309 g/mol. The number of thioether (sulfide) groups is 1. The predicted molar refractivity (Wildman–Crippen MR) is 86.0 cm³/mol. The minimum atomic E-state index is -0.184. The lowest BCUT2D eigenvalue weighted by Crippen LogP contribution is -2.45. The molecule has 0 amide bonds. The summed E-state index contributed by atoms with van der Waals surface area (Å²) in [6.07, 6.45) is 4.34. The van der Waals surface area contributed by atoms with Gasteiger partial charge in [-0.3, -0.25) is 0 Å². The molecule has 0 radical (unpaired) electrons. The number of rotatable bonds is 2. The summed E-state index contributed by atoms with van der Waals surface area (Å²) in [7, 11) is 0. The molecule has 2 fully saturated rings. The summed E-state index contributed by atoms with van der Waals surface area (Å²) in [6.45, 7) is 2.76. The zero-order valence-corrected chi connectivity index (χ0v) is 13.4. The maximum atomic E-state index is 13.3. The van der Waals surface area contributed by atoms with E-state index in [2.05, 4.69) is 0 Å². The molecule has 2 heterocycles. The fraction of sp³-hybridized carbons (Fsp3) is 0.647. The van der Waals surface area contributed by atoms with Crippen molar-refractivity contribution in [3.05, 3.63) is 35.1 Å². The van der Waals surface area contributed by atoms with Crippen LogP contribution in [-0.4, -0.2) is 23.7 Å². The van der Waals surface area contributed by atoms with Crippen molar-refractivity contribution >= 4 is 11.8 Å². The van der Waals surface area contributed by atoms with E-state index in [9.17, 15) is 4.39 Å². The van der Waals surface area contributed by atoms with Crippen LogP contribution in [0.4, 0.5) is 4.39 Å². The van der Waals surface area contributed by atoms with Crippen LogP contribution >= 0.6 is 11.8 Å². The van der Waals surface area contributed by atoms with E-state index < -0.39 is 0 Å². The molecule has 1 aromatic carbocycles. The van der Waals surface area contributed by atoms with Crippen molar-refractivity contribution in [3.8, 4) is 0 Å². The Kier molecular flexibility index (Phi) is 4.57. The number of benzene rings is 1. The number of hydrogen-bond donors (Lipinski definition) is 1. The molecule has 2 saturated heterocycles. The van der Waals surface area contributed by atoms with Gasteiger partial charge in [0.2, 0.25) is 0 Å². The second kappa shape index (κ2) is 6.27. The first-order valence-corrected chi connectivity index (χ1v) is 8.98. The highest BCUT2D eigenvalue weighted by atomic mass is 32.2. The van der Waals surface area contributed by atoms with E-state index in [1.54, 1.807) is 6.07 Å². The summed E-state index contributed by atoms with van der Waals surface area (Å²) < 4.78 is 19.4. The molecule has 0 aliphatic carbocycles.